The second-order valence-corrected chi connectivity index (χ2v) is 9.00. The van der Waals surface area contributed by atoms with Crippen molar-refractivity contribution < 1.29 is 9.67 Å². The molecular weight excluding hydrogens is 424 g/mol. The number of para-hydroxylation sites is 1. The molecule has 0 aliphatic carbocycles. The van der Waals surface area contributed by atoms with Crippen LogP contribution in [-0.2, 0) is 6.54 Å². The molecule has 33 heavy (non-hydrogen) atoms. The van der Waals surface area contributed by atoms with Gasteiger partial charge in [0.2, 0.25) is 5.52 Å². The lowest BCUT2D eigenvalue weighted by molar-refractivity contribution is -0.672. The van der Waals surface area contributed by atoms with Crippen LogP contribution in [-0.4, -0.2) is 18.3 Å². The minimum absolute atomic E-state index is 0.133. The molecule has 1 N–H and O–H groups in total. The third-order valence-electron chi connectivity index (χ3n) is 5.97. The number of anilines is 1. The van der Waals surface area contributed by atoms with Gasteiger partial charge in [-0.1, -0.05) is 78.5 Å². The van der Waals surface area contributed by atoms with Crippen LogP contribution in [0.25, 0.3) is 27.8 Å². The molecular formula is C29H27N2OS+. The van der Waals surface area contributed by atoms with Crippen LogP contribution >= 0.6 is 11.8 Å². The third kappa shape index (κ3) is 4.20. The first-order valence-electron chi connectivity index (χ1n) is 11.3. The van der Waals surface area contributed by atoms with E-state index in [4.69, 9.17) is 0 Å². The molecule has 3 nitrogen and oxygen atoms in total. The van der Waals surface area contributed by atoms with Crippen molar-refractivity contribution in [1.29, 1.82) is 0 Å². The van der Waals surface area contributed by atoms with E-state index in [2.05, 4.69) is 107 Å². The maximum Gasteiger partial charge on any atom is 0.213 e. The van der Waals surface area contributed by atoms with Crippen LogP contribution in [0.3, 0.4) is 0 Å². The van der Waals surface area contributed by atoms with Crippen molar-refractivity contribution in [3.8, 4) is 0 Å². The quantitative estimate of drug-likeness (QED) is 0.275. The first kappa shape index (κ1) is 21.5. The van der Waals surface area contributed by atoms with Crippen molar-refractivity contribution in [2.45, 2.75) is 18.4 Å². The van der Waals surface area contributed by atoms with Crippen molar-refractivity contribution in [1.82, 2.24) is 0 Å². The van der Waals surface area contributed by atoms with E-state index in [1.54, 1.807) is 0 Å². The fraction of sp³-hybridized carbons (Fsp3) is 0.138. The van der Waals surface area contributed by atoms with E-state index < -0.39 is 0 Å². The van der Waals surface area contributed by atoms with Gasteiger partial charge in [-0.2, -0.15) is 4.57 Å². The topological polar surface area (TPSA) is 27.4 Å². The molecule has 0 bridgehead atoms. The first-order chi connectivity index (χ1) is 16.3. The Balaban J connectivity index is 1.38. The Morgan fingerprint density at radius 2 is 1.73 bits per heavy atom. The molecule has 4 aromatic rings. The van der Waals surface area contributed by atoms with Crippen LogP contribution in [0.15, 0.2) is 107 Å². The minimum atomic E-state index is 0.133. The van der Waals surface area contributed by atoms with Gasteiger partial charge in [-0.3, -0.25) is 0 Å². The van der Waals surface area contributed by atoms with Gasteiger partial charge in [0.1, 0.15) is 6.61 Å². The van der Waals surface area contributed by atoms with Crippen molar-refractivity contribution in [2.24, 2.45) is 0 Å². The van der Waals surface area contributed by atoms with Gasteiger partial charge >= 0.3 is 0 Å². The van der Waals surface area contributed by atoms with Crippen molar-refractivity contribution in [3.05, 3.63) is 108 Å². The van der Waals surface area contributed by atoms with Crippen LogP contribution in [0.4, 0.5) is 5.69 Å². The van der Waals surface area contributed by atoms with Gasteiger partial charge in [0.15, 0.2) is 12.7 Å². The van der Waals surface area contributed by atoms with E-state index in [1.807, 2.05) is 24.0 Å². The molecule has 2 heterocycles. The fourth-order valence-corrected chi connectivity index (χ4v) is 5.59. The smallest absolute Gasteiger partial charge is 0.213 e. The zero-order chi connectivity index (χ0) is 22.6. The lowest BCUT2D eigenvalue weighted by Crippen LogP contribution is -2.36. The summed E-state index contributed by atoms with van der Waals surface area (Å²) in [7, 11) is 0. The summed E-state index contributed by atoms with van der Waals surface area (Å²) >= 11 is 1.83. The molecule has 0 saturated heterocycles. The number of fused-ring (bicyclic) bond motifs is 4. The monoisotopic (exact) mass is 451 g/mol. The van der Waals surface area contributed by atoms with Gasteiger partial charge in [-0.25, -0.2) is 0 Å². The summed E-state index contributed by atoms with van der Waals surface area (Å²) < 4.78 is 2.09. The van der Waals surface area contributed by atoms with Gasteiger partial charge < -0.3 is 10.0 Å². The number of pyridine rings is 1. The van der Waals surface area contributed by atoms with Crippen molar-refractivity contribution in [2.75, 3.05) is 18.1 Å². The third-order valence-corrected chi connectivity index (χ3v) is 7.08. The Morgan fingerprint density at radius 1 is 0.909 bits per heavy atom. The lowest BCUT2D eigenvalue weighted by Gasteiger charge is -2.19. The standard InChI is InChI=1S/C29H27N2OS/c1-2-31-28(33-27-17-16-22-11-6-7-13-25(22)29(27)31)15-5-3-4-10-23-18-19-30(20-21-32)26-14-9-8-12-24(23)26/h3-19,32H,2,20-21H2,1H3/q+1. The maximum absolute atomic E-state index is 9.33. The number of hydrogen-bond acceptors (Lipinski definition) is 3. The number of rotatable bonds is 6. The molecule has 1 aliphatic rings. The molecule has 0 radical (unpaired) electrons. The van der Waals surface area contributed by atoms with E-state index in [-0.39, 0.29) is 6.61 Å². The number of aliphatic hydroxyl groups is 1. The van der Waals surface area contributed by atoms with E-state index >= 15 is 0 Å². The average Bonchev–Trinajstić information content (AvgIpc) is 3.23. The predicted octanol–water partition coefficient (Wildman–Crippen LogP) is 6.32. The predicted molar refractivity (Wildman–Crippen MR) is 140 cm³/mol. The van der Waals surface area contributed by atoms with E-state index in [9.17, 15) is 5.11 Å². The molecule has 5 rings (SSSR count). The van der Waals surface area contributed by atoms with Gasteiger partial charge in [0, 0.05) is 29.0 Å². The highest BCUT2D eigenvalue weighted by Gasteiger charge is 2.25. The molecule has 164 valence electrons. The summed E-state index contributed by atoms with van der Waals surface area (Å²) in [6.45, 7) is 3.88. The zero-order valence-electron chi connectivity index (χ0n) is 18.7. The molecule has 0 unspecified atom stereocenters. The molecule has 0 fully saturated rings. The number of aliphatic hydroxyl groups excluding tert-OH is 1. The SMILES string of the molecule is CCN1C(=CC=CC=Cc2cc[n+](CCO)c3ccccc23)Sc2ccc3ccccc3c21. The summed E-state index contributed by atoms with van der Waals surface area (Å²) in [5, 5.41) is 14.4. The van der Waals surface area contributed by atoms with Crippen molar-refractivity contribution >= 4 is 45.2 Å². The second kappa shape index (κ2) is 9.65. The van der Waals surface area contributed by atoms with E-state index in [0.717, 1.165) is 12.1 Å². The maximum atomic E-state index is 9.33. The molecule has 1 aliphatic heterocycles. The summed E-state index contributed by atoms with van der Waals surface area (Å²) in [5.41, 5.74) is 3.62. The second-order valence-electron chi connectivity index (χ2n) is 7.93. The molecule has 1 aromatic heterocycles. The summed E-state index contributed by atoms with van der Waals surface area (Å²) in [4.78, 5) is 3.72. The van der Waals surface area contributed by atoms with Crippen LogP contribution in [0.5, 0.6) is 0 Å². The molecule has 0 atom stereocenters. The Morgan fingerprint density at radius 3 is 2.58 bits per heavy atom. The van der Waals surface area contributed by atoms with Crippen LogP contribution in [0.2, 0.25) is 0 Å². The highest BCUT2D eigenvalue weighted by atomic mass is 32.2. The van der Waals surface area contributed by atoms with E-state index in [1.165, 1.54) is 37.3 Å². The summed E-state index contributed by atoms with van der Waals surface area (Å²) in [6, 6.07) is 23.5. The zero-order valence-corrected chi connectivity index (χ0v) is 19.5. The Hall–Kier alpha value is -3.34. The number of allylic oxidation sites excluding steroid dienone is 4. The van der Waals surface area contributed by atoms with Gasteiger partial charge in [-0.05, 0) is 36.1 Å². The Bertz CT molecular complexity index is 1400. The normalized spacial score (nSPS) is 15.0. The Kier molecular flexibility index (Phi) is 6.29. The highest BCUT2D eigenvalue weighted by molar-refractivity contribution is 8.03. The number of thioether (sulfide) groups is 1. The number of hydrogen-bond donors (Lipinski definition) is 1. The van der Waals surface area contributed by atoms with E-state index in [0.29, 0.717) is 6.54 Å². The summed E-state index contributed by atoms with van der Waals surface area (Å²) in [5.74, 6) is 0. The largest absolute Gasteiger partial charge is 0.390 e. The van der Waals surface area contributed by atoms with Crippen LogP contribution < -0.4 is 9.47 Å². The fourth-order valence-electron chi connectivity index (χ4n) is 4.43. The Labute approximate surface area is 199 Å². The summed E-state index contributed by atoms with van der Waals surface area (Å²) in [6.07, 6.45) is 12.7. The molecule has 4 heteroatoms. The number of aromatic nitrogens is 1. The van der Waals surface area contributed by atoms with Gasteiger partial charge in [0.05, 0.1) is 16.1 Å². The lowest BCUT2D eigenvalue weighted by atomic mass is 10.1. The van der Waals surface area contributed by atoms with Crippen LogP contribution in [0.1, 0.15) is 12.5 Å². The number of nitrogens with zero attached hydrogens (tertiary/aromatic N) is 2. The molecule has 3 aromatic carbocycles. The molecule has 0 amide bonds. The number of benzene rings is 3. The van der Waals surface area contributed by atoms with Crippen LogP contribution in [0, 0.1) is 0 Å². The average molecular weight is 452 g/mol. The van der Waals surface area contributed by atoms with Crippen molar-refractivity contribution in [3.63, 3.8) is 0 Å². The molecule has 0 spiro atoms. The highest BCUT2D eigenvalue weighted by Crippen LogP contribution is 2.49. The molecule has 0 saturated carbocycles. The van der Waals surface area contributed by atoms with Gasteiger partial charge in [0.25, 0.3) is 0 Å². The minimum Gasteiger partial charge on any atom is -0.390 e. The van der Waals surface area contributed by atoms with Gasteiger partial charge in [-0.15, -0.1) is 0 Å². The first-order valence-corrected chi connectivity index (χ1v) is 12.2.